The van der Waals surface area contributed by atoms with Crippen LogP contribution in [0.5, 0.6) is 23.0 Å². The summed E-state index contributed by atoms with van der Waals surface area (Å²) in [4.78, 5) is 3.17. The van der Waals surface area contributed by atoms with Gasteiger partial charge in [0.15, 0.2) is 23.0 Å². The Morgan fingerprint density at radius 3 is 1.25 bits per heavy atom. The summed E-state index contributed by atoms with van der Waals surface area (Å²) in [6, 6.07) is 26.6. The predicted octanol–water partition coefficient (Wildman–Crippen LogP) is 5.19. The van der Waals surface area contributed by atoms with Gasteiger partial charge < -0.3 is 18.9 Å². The van der Waals surface area contributed by atoms with Gasteiger partial charge >= 0.3 is 0 Å². The molecule has 0 saturated heterocycles. The van der Waals surface area contributed by atoms with E-state index in [0.29, 0.717) is 36.2 Å². The average Bonchev–Trinajstić information content (AvgIpc) is 3.63. The molecule has 0 aliphatic rings. The Morgan fingerprint density at radius 1 is 0.525 bits per heavy atom. The van der Waals surface area contributed by atoms with E-state index < -0.39 is 0 Å². The summed E-state index contributed by atoms with van der Waals surface area (Å²) in [5.41, 5.74) is 4.86. The smallest absolute Gasteiger partial charge is 0.162 e. The Morgan fingerprint density at radius 2 is 0.900 bits per heavy atom. The Labute approximate surface area is 230 Å². The highest BCUT2D eigenvalue weighted by molar-refractivity contribution is 5.74. The van der Waals surface area contributed by atoms with Crippen LogP contribution in [-0.4, -0.2) is 57.4 Å². The molecular formula is C30H26N6O4. The molecule has 0 atom stereocenters. The van der Waals surface area contributed by atoms with Crippen LogP contribution in [0, 0.1) is 0 Å². The lowest BCUT2D eigenvalue weighted by Crippen LogP contribution is -2.02. The van der Waals surface area contributed by atoms with Crippen LogP contribution in [0.3, 0.4) is 0 Å². The molecule has 10 heteroatoms. The number of ether oxygens (including phenoxy) is 4. The maximum Gasteiger partial charge on any atom is 0.162 e. The topological polar surface area (TPSA) is 98.3 Å². The zero-order valence-electron chi connectivity index (χ0n) is 22.0. The number of hydrogen-bond acceptors (Lipinski definition) is 8. The molecule has 200 valence electrons. The molecule has 40 heavy (non-hydrogen) atoms. The van der Waals surface area contributed by atoms with Crippen molar-refractivity contribution in [1.29, 1.82) is 0 Å². The summed E-state index contributed by atoms with van der Waals surface area (Å²) < 4.78 is 22.9. The molecule has 6 aromatic rings. The SMILES string of the molecule is COc1cc(-n2nc3ccccc3n2)ccc1OCC=CCOc1ccc(-n2nc3ccccc3n2)cc1OC. The molecule has 0 unspecified atom stereocenters. The van der Waals surface area contributed by atoms with E-state index in [-0.39, 0.29) is 0 Å². The molecular weight excluding hydrogens is 508 g/mol. The van der Waals surface area contributed by atoms with Crippen molar-refractivity contribution in [3.63, 3.8) is 0 Å². The van der Waals surface area contributed by atoms with Gasteiger partial charge in [0, 0.05) is 12.1 Å². The van der Waals surface area contributed by atoms with Crippen molar-refractivity contribution in [2.24, 2.45) is 0 Å². The highest BCUT2D eigenvalue weighted by Crippen LogP contribution is 2.31. The van der Waals surface area contributed by atoms with Crippen molar-refractivity contribution >= 4 is 22.1 Å². The first-order valence-electron chi connectivity index (χ1n) is 12.6. The Balaban J connectivity index is 1.05. The molecule has 2 aromatic heterocycles. The molecule has 0 saturated carbocycles. The van der Waals surface area contributed by atoms with E-state index in [1.165, 1.54) is 0 Å². The Bertz CT molecular complexity index is 1610. The van der Waals surface area contributed by atoms with Crippen LogP contribution < -0.4 is 18.9 Å². The van der Waals surface area contributed by atoms with Gasteiger partial charge in [-0.15, -0.1) is 20.4 Å². The van der Waals surface area contributed by atoms with Crippen LogP contribution in [0.2, 0.25) is 0 Å². The van der Waals surface area contributed by atoms with Crippen LogP contribution >= 0.6 is 0 Å². The quantitative estimate of drug-likeness (QED) is 0.222. The molecule has 2 heterocycles. The number of methoxy groups -OCH3 is 2. The molecule has 0 radical (unpaired) electrons. The maximum atomic E-state index is 5.91. The molecule has 0 N–H and O–H groups in total. The third kappa shape index (κ3) is 5.14. The third-order valence-corrected chi connectivity index (χ3v) is 6.17. The Hall–Kier alpha value is -5.38. The van der Waals surface area contributed by atoms with E-state index in [4.69, 9.17) is 18.9 Å². The summed E-state index contributed by atoms with van der Waals surface area (Å²) in [7, 11) is 3.21. The van der Waals surface area contributed by atoms with Crippen LogP contribution in [0.25, 0.3) is 33.4 Å². The van der Waals surface area contributed by atoms with Gasteiger partial charge in [-0.05, 0) is 60.7 Å². The molecule has 6 rings (SSSR count). The number of nitrogens with zero attached hydrogens (tertiary/aromatic N) is 6. The van der Waals surface area contributed by atoms with Crippen molar-refractivity contribution in [1.82, 2.24) is 30.0 Å². The highest BCUT2D eigenvalue weighted by atomic mass is 16.5. The minimum atomic E-state index is 0.345. The number of rotatable bonds is 10. The van der Waals surface area contributed by atoms with E-state index >= 15 is 0 Å². The van der Waals surface area contributed by atoms with Crippen molar-refractivity contribution in [2.45, 2.75) is 0 Å². The van der Waals surface area contributed by atoms with Gasteiger partial charge in [-0.25, -0.2) is 0 Å². The monoisotopic (exact) mass is 534 g/mol. The lowest BCUT2D eigenvalue weighted by Gasteiger charge is -2.11. The zero-order chi connectivity index (χ0) is 27.3. The Kier molecular flexibility index (Phi) is 6.95. The van der Waals surface area contributed by atoms with Crippen LogP contribution in [0.15, 0.2) is 97.1 Å². The van der Waals surface area contributed by atoms with Gasteiger partial charge in [-0.3, -0.25) is 0 Å². The number of fused-ring (bicyclic) bond motifs is 2. The minimum Gasteiger partial charge on any atom is -0.493 e. The summed E-state index contributed by atoms with van der Waals surface area (Å²) in [6.07, 6.45) is 3.77. The number of aromatic nitrogens is 6. The van der Waals surface area contributed by atoms with Gasteiger partial charge in [0.25, 0.3) is 0 Å². The van der Waals surface area contributed by atoms with E-state index in [0.717, 1.165) is 33.4 Å². The van der Waals surface area contributed by atoms with E-state index in [9.17, 15) is 0 Å². The largest absolute Gasteiger partial charge is 0.493 e. The zero-order valence-corrected chi connectivity index (χ0v) is 22.0. The van der Waals surface area contributed by atoms with Crippen LogP contribution in [0.4, 0.5) is 0 Å². The fourth-order valence-electron chi connectivity index (χ4n) is 4.16. The van der Waals surface area contributed by atoms with E-state index in [2.05, 4.69) is 20.4 Å². The first-order valence-corrected chi connectivity index (χ1v) is 12.6. The van der Waals surface area contributed by atoms with Crippen molar-refractivity contribution in [3.8, 4) is 34.4 Å². The molecule has 0 fully saturated rings. The second kappa shape index (κ2) is 11.2. The summed E-state index contributed by atoms with van der Waals surface area (Å²) in [5, 5.41) is 18.1. The normalized spacial score (nSPS) is 11.3. The summed E-state index contributed by atoms with van der Waals surface area (Å²) in [5.74, 6) is 2.41. The molecule has 0 spiro atoms. The fourth-order valence-corrected chi connectivity index (χ4v) is 4.16. The van der Waals surface area contributed by atoms with Crippen molar-refractivity contribution < 1.29 is 18.9 Å². The standard InChI is InChI=1S/C30H26N6O4/c1-37-29-19-21(35-31-23-9-3-4-10-24(23)32-35)13-15-27(29)39-17-7-8-18-40-28-16-14-22(20-30(28)38-2)36-33-25-11-5-6-12-26(25)34-36/h3-16,19-20H,17-18H2,1-2H3. The highest BCUT2D eigenvalue weighted by Gasteiger charge is 2.11. The predicted molar refractivity (Wildman–Crippen MR) is 151 cm³/mol. The second-order valence-corrected chi connectivity index (χ2v) is 8.72. The van der Waals surface area contributed by atoms with E-state index in [1.807, 2.05) is 97.1 Å². The molecule has 0 aliphatic heterocycles. The van der Waals surface area contributed by atoms with Gasteiger partial charge in [-0.1, -0.05) is 24.3 Å². The van der Waals surface area contributed by atoms with Gasteiger partial charge in [0.1, 0.15) is 35.3 Å². The number of hydrogen-bond donors (Lipinski definition) is 0. The first-order chi connectivity index (χ1) is 19.7. The molecule has 0 aliphatic carbocycles. The van der Waals surface area contributed by atoms with Crippen LogP contribution in [0.1, 0.15) is 0 Å². The maximum absolute atomic E-state index is 5.91. The van der Waals surface area contributed by atoms with Crippen molar-refractivity contribution in [2.75, 3.05) is 27.4 Å². The lowest BCUT2D eigenvalue weighted by atomic mass is 10.3. The molecule has 0 amide bonds. The van der Waals surface area contributed by atoms with Crippen LogP contribution in [-0.2, 0) is 0 Å². The summed E-state index contributed by atoms with van der Waals surface area (Å²) >= 11 is 0. The summed E-state index contributed by atoms with van der Waals surface area (Å²) in [6.45, 7) is 0.690. The van der Waals surface area contributed by atoms with Gasteiger partial charge in [0.05, 0.1) is 25.6 Å². The molecule has 4 aromatic carbocycles. The fraction of sp³-hybridized carbons (Fsp3) is 0.133. The van der Waals surface area contributed by atoms with Gasteiger partial charge in [0.2, 0.25) is 0 Å². The third-order valence-electron chi connectivity index (χ3n) is 6.17. The van der Waals surface area contributed by atoms with Gasteiger partial charge in [-0.2, -0.15) is 9.59 Å². The number of benzene rings is 4. The van der Waals surface area contributed by atoms with E-state index in [1.54, 1.807) is 23.8 Å². The first kappa shape index (κ1) is 24.9. The average molecular weight is 535 g/mol. The molecule has 0 bridgehead atoms. The molecule has 10 nitrogen and oxygen atoms in total. The second-order valence-electron chi connectivity index (χ2n) is 8.72. The van der Waals surface area contributed by atoms with Crippen molar-refractivity contribution in [3.05, 3.63) is 97.1 Å². The minimum absolute atomic E-state index is 0.345. The lowest BCUT2D eigenvalue weighted by molar-refractivity contribution is 0.318.